The minimum Gasteiger partial charge on any atom is -0.486 e. The van der Waals surface area contributed by atoms with Crippen LogP contribution in [0.25, 0.3) is 10.2 Å². The number of rotatable bonds is 5. The average Bonchev–Trinajstić information content (AvgIpc) is 3.47. The summed E-state index contributed by atoms with van der Waals surface area (Å²) in [6.07, 6.45) is 3.69. The van der Waals surface area contributed by atoms with E-state index in [1.165, 1.54) is 41.9 Å². The Morgan fingerprint density at radius 2 is 2.06 bits per heavy atom. The van der Waals surface area contributed by atoms with Gasteiger partial charge in [0, 0.05) is 11.8 Å². The van der Waals surface area contributed by atoms with Gasteiger partial charge >= 0.3 is 0 Å². The Balaban J connectivity index is 0.00000274. The first kappa shape index (κ1) is 23.9. The molecule has 2 N–H and O–H groups in total. The summed E-state index contributed by atoms with van der Waals surface area (Å²) < 4.78 is 33.4. The molecule has 1 aliphatic rings. The predicted molar refractivity (Wildman–Crippen MR) is 133 cm³/mol. The monoisotopic (exact) mass is 498 g/mol. The highest BCUT2D eigenvalue weighted by molar-refractivity contribution is 7.19. The molecule has 9 heteroatoms. The Morgan fingerprint density at radius 1 is 1.15 bits per heavy atom. The third-order valence-corrected chi connectivity index (χ3v) is 6.20. The van der Waals surface area contributed by atoms with Crippen LogP contribution >= 0.6 is 23.7 Å². The van der Waals surface area contributed by atoms with Crippen molar-refractivity contribution in [2.45, 2.75) is 25.5 Å². The van der Waals surface area contributed by atoms with Gasteiger partial charge in [-0.1, -0.05) is 24.0 Å². The molecule has 1 atom stereocenters. The zero-order valence-corrected chi connectivity index (χ0v) is 19.6. The first-order chi connectivity index (χ1) is 16.1. The number of ether oxygens (including phenoxy) is 1. The van der Waals surface area contributed by atoms with E-state index in [9.17, 15) is 8.78 Å². The molecular weight excluding hydrogens is 478 g/mol. The van der Waals surface area contributed by atoms with E-state index >= 15 is 0 Å². The molecule has 0 amide bonds. The third-order valence-electron chi connectivity index (χ3n) is 5.24. The number of hydrogen-bond donors (Lipinski definition) is 2. The molecule has 0 aliphatic carbocycles. The van der Waals surface area contributed by atoms with E-state index in [0.717, 1.165) is 34.5 Å². The summed E-state index contributed by atoms with van der Waals surface area (Å²) in [4.78, 5) is 10.4. The predicted octanol–water partition coefficient (Wildman–Crippen LogP) is 5.82. The van der Waals surface area contributed by atoms with Crippen molar-refractivity contribution in [1.82, 2.24) is 15.3 Å². The summed E-state index contributed by atoms with van der Waals surface area (Å²) in [6.45, 7) is 1.08. The lowest BCUT2D eigenvalue weighted by Gasteiger charge is -2.10. The van der Waals surface area contributed by atoms with Crippen LogP contribution in [0.5, 0.6) is 5.75 Å². The molecule has 2 aromatic carbocycles. The summed E-state index contributed by atoms with van der Waals surface area (Å²) in [5, 5.41) is 7.35. The van der Waals surface area contributed by atoms with Crippen LogP contribution < -0.4 is 15.4 Å². The second-order valence-electron chi connectivity index (χ2n) is 7.66. The zero-order chi connectivity index (χ0) is 22.6. The van der Waals surface area contributed by atoms with Crippen molar-refractivity contribution in [3.8, 4) is 17.6 Å². The normalized spacial score (nSPS) is 14.8. The quantitative estimate of drug-likeness (QED) is 0.340. The summed E-state index contributed by atoms with van der Waals surface area (Å²) in [5.41, 5.74) is 1.15. The van der Waals surface area contributed by atoms with Crippen molar-refractivity contribution in [2.24, 2.45) is 0 Å². The van der Waals surface area contributed by atoms with Crippen LogP contribution in [0.1, 0.15) is 23.3 Å². The lowest BCUT2D eigenvalue weighted by molar-refractivity contribution is 0.290. The van der Waals surface area contributed by atoms with Crippen molar-refractivity contribution < 1.29 is 13.5 Å². The van der Waals surface area contributed by atoms with Crippen LogP contribution in [-0.2, 0) is 6.61 Å². The summed E-state index contributed by atoms with van der Waals surface area (Å²) in [7, 11) is 0. The van der Waals surface area contributed by atoms with Crippen molar-refractivity contribution in [3.05, 3.63) is 76.9 Å². The van der Waals surface area contributed by atoms with Gasteiger partial charge in [0.15, 0.2) is 11.6 Å². The minimum absolute atomic E-state index is 0. The average molecular weight is 499 g/mol. The second-order valence-corrected chi connectivity index (χ2v) is 8.69. The highest BCUT2D eigenvalue weighted by Crippen LogP contribution is 2.31. The smallest absolute Gasteiger partial charge is 0.167 e. The number of thiophene rings is 1. The van der Waals surface area contributed by atoms with Crippen LogP contribution in [0.3, 0.4) is 0 Å². The molecule has 2 aromatic heterocycles. The minimum atomic E-state index is -0.525. The van der Waals surface area contributed by atoms with Crippen LogP contribution in [0, 0.1) is 23.5 Å². The fraction of sp³-hybridized carbons (Fsp3) is 0.200. The molecule has 5 nitrogen and oxygen atoms in total. The van der Waals surface area contributed by atoms with Crippen LogP contribution in [-0.4, -0.2) is 22.6 Å². The van der Waals surface area contributed by atoms with Gasteiger partial charge in [-0.3, -0.25) is 0 Å². The number of aromatic nitrogens is 2. The molecule has 1 fully saturated rings. The molecule has 34 heavy (non-hydrogen) atoms. The Bertz CT molecular complexity index is 1360. The Hall–Kier alpha value is -3.25. The maximum atomic E-state index is 14.6. The SMILES string of the molecule is Cl.Fc1cccc(COc2ccc(Nc3ncnc4sc(C#C[C@H]5CCCN5)cc34)cc2F)c1. The van der Waals surface area contributed by atoms with Gasteiger partial charge in [0.2, 0.25) is 0 Å². The molecule has 0 saturated carbocycles. The largest absolute Gasteiger partial charge is 0.486 e. The number of nitrogens with one attached hydrogen (secondary N) is 2. The van der Waals surface area contributed by atoms with Crippen molar-refractivity contribution >= 4 is 45.5 Å². The lowest BCUT2D eigenvalue weighted by atomic mass is 10.2. The number of anilines is 2. The van der Waals surface area contributed by atoms with E-state index in [2.05, 4.69) is 32.4 Å². The van der Waals surface area contributed by atoms with Crippen molar-refractivity contribution in [3.63, 3.8) is 0 Å². The molecule has 0 unspecified atom stereocenters. The molecular formula is C25H21ClF2N4OS. The highest BCUT2D eigenvalue weighted by Gasteiger charge is 2.12. The van der Waals surface area contributed by atoms with Gasteiger partial charge in [-0.05, 0) is 55.3 Å². The van der Waals surface area contributed by atoms with Gasteiger partial charge in [-0.2, -0.15) is 0 Å². The van der Waals surface area contributed by atoms with Crippen LogP contribution in [0.15, 0.2) is 54.9 Å². The summed E-state index contributed by atoms with van der Waals surface area (Å²) in [5.74, 6) is 6.28. The van der Waals surface area contributed by atoms with E-state index in [0.29, 0.717) is 17.1 Å². The fourth-order valence-corrected chi connectivity index (χ4v) is 4.46. The van der Waals surface area contributed by atoms with Crippen molar-refractivity contribution in [1.29, 1.82) is 0 Å². The number of benzene rings is 2. The molecule has 1 aliphatic heterocycles. The van der Waals surface area contributed by atoms with Gasteiger partial charge in [0.25, 0.3) is 0 Å². The second kappa shape index (κ2) is 10.8. The van der Waals surface area contributed by atoms with E-state index in [1.54, 1.807) is 18.2 Å². The first-order valence-corrected chi connectivity index (χ1v) is 11.4. The fourth-order valence-electron chi connectivity index (χ4n) is 3.60. The van der Waals surface area contributed by atoms with E-state index < -0.39 is 5.82 Å². The van der Waals surface area contributed by atoms with E-state index in [1.807, 2.05) is 6.07 Å². The Morgan fingerprint density at radius 3 is 2.85 bits per heavy atom. The molecule has 174 valence electrons. The van der Waals surface area contributed by atoms with Crippen molar-refractivity contribution in [2.75, 3.05) is 11.9 Å². The zero-order valence-electron chi connectivity index (χ0n) is 18.0. The molecule has 4 aromatic rings. The lowest BCUT2D eigenvalue weighted by Crippen LogP contribution is -2.18. The Labute approximate surface area is 206 Å². The topological polar surface area (TPSA) is 59.1 Å². The molecule has 3 heterocycles. The summed E-state index contributed by atoms with van der Waals surface area (Å²) in [6, 6.07) is 12.8. The highest BCUT2D eigenvalue weighted by atomic mass is 35.5. The van der Waals surface area contributed by atoms with Gasteiger partial charge in [0.05, 0.1) is 16.3 Å². The van der Waals surface area contributed by atoms with E-state index in [4.69, 9.17) is 4.74 Å². The first-order valence-electron chi connectivity index (χ1n) is 10.6. The standard InChI is InChI=1S/C25H20F2N4OS.ClH/c26-17-4-1-3-16(11-17)14-32-23-9-7-19(12-22(23)27)31-24-21-13-20(33-25(21)30-15-29-24)8-6-18-5-2-10-28-18;/h1,3-4,7,9,11-13,15,18,28H,2,5,10,14H2,(H,29,30,31);1H/t18-;/m1./s1. The van der Waals surface area contributed by atoms with E-state index in [-0.39, 0.29) is 36.6 Å². The molecule has 0 bridgehead atoms. The third kappa shape index (κ3) is 5.62. The molecule has 0 spiro atoms. The maximum Gasteiger partial charge on any atom is 0.167 e. The van der Waals surface area contributed by atoms with Gasteiger partial charge in [-0.15, -0.1) is 23.7 Å². The van der Waals surface area contributed by atoms with Gasteiger partial charge < -0.3 is 15.4 Å². The van der Waals surface area contributed by atoms with Gasteiger partial charge in [-0.25, -0.2) is 18.7 Å². The van der Waals surface area contributed by atoms with Gasteiger partial charge in [0.1, 0.15) is 29.4 Å². The number of fused-ring (bicyclic) bond motifs is 1. The molecule has 1 saturated heterocycles. The summed E-state index contributed by atoms with van der Waals surface area (Å²) >= 11 is 1.50. The molecule has 0 radical (unpaired) electrons. The maximum absolute atomic E-state index is 14.6. The number of hydrogen-bond acceptors (Lipinski definition) is 6. The Kier molecular flexibility index (Phi) is 7.58. The van der Waals surface area contributed by atoms with Crippen LogP contribution in [0.4, 0.5) is 20.3 Å². The van der Waals surface area contributed by atoms with Crippen LogP contribution in [0.2, 0.25) is 0 Å². The molecule has 5 rings (SSSR count). The number of nitrogens with zero attached hydrogens (tertiary/aromatic N) is 2. The number of halogens is 3.